The Morgan fingerprint density at radius 2 is 1.79 bits per heavy atom. The molecule has 0 amide bonds. The molecule has 0 unspecified atom stereocenters. The van der Waals surface area contributed by atoms with Gasteiger partial charge in [0, 0.05) is 18.2 Å². The van der Waals surface area contributed by atoms with E-state index in [1.54, 1.807) is 19.9 Å². The average Bonchev–Trinajstić information content (AvgIpc) is 2.24. The molecule has 6 heteroatoms. The van der Waals surface area contributed by atoms with Crippen LogP contribution in [-0.2, 0) is 4.79 Å². The van der Waals surface area contributed by atoms with E-state index >= 15 is 0 Å². The van der Waals surface area contributed by atoms with E-state index in [1.807, 2.05) is 20.8 Å². The molecule has 0 aliphatic rings. The number of aliphatic carboxylic acids is 1. The Kier molecular flexibility index (Phi) is 4.34. The summed E-state index contributed by atoms with van der Waals surface area (Å²) < 4.78 is 0. The number of anilines is 2. The first kappa shape index (κ1) is 15.2. The maximum absolute atomic E-state index is 11.0. The van der Waals surface area contributed by atoms with Crippen LogP contribution in [0.3, 0.4) is 0 Å². The van der Waals surface area contributed by atoms with Gasteiger partial charge in [-0.05, 0) is 34.6 Å². The molecule has 0 saturated carbocycles. The summed E-state index contributed by atoms with van der Waals surface area (Å²) in [4.78, 5) is 19.2. The van der Waals surface area contributed by atoms with Gasteiger partial charge < -0.3 is 15.7 Å². The van der Waals surface area contributed by atoms with Gasteiger partial charge in [-0.1, -0.05) is 0 Å². The number of hydrogen-bond donors (Lipinski definition) is 3. The third-order valence-electron chi connectivity index (χ3n) is 2.46. The Morgan fingerprint density at radius 3 is 2.32 bits per heavy atom. The Morgan fingerprint density at radius 1 is 1.21 bits per heavy atom. The summed E-state index contributed by atoms with van der Waals surface area (Å²) in [5.74, 6) is 0.469. The van der Waals surface area contributed by atoms with Crippen molar-refractivity contribution in [3.05, 3.63) is 12.4 Å². The van der Waals surface area contributed by atoms with E-state index < -0.39 is 11.4 Å². The molecule has 0 bridgehead atoms. The second kappa shape index (κ2) is 5.42. The molecule has 1 heterocycles. The normalized spacial score (nSPS) is 12.1. The molecule has 0 aliphatic carbocycles. The molecule has 3 N–H and O–H groups in total. The van der Waals surface area contributed by atoms with Crippen molar-refractivity contribution in [2.24, 2.45) is 5.41 Å². The van der Waals surface area contributed by atoms with Gasteiger partial charge in [-0.3, -0.25) is 4.79 Å². The maximum atomic E-state index is 11.0. The summed E-state index contributed by atoms with van der Waals surface area (Å²) in [5.41, 5.74) is -0.936. The number of carboxylic acid groups (broad SMARTS) is 1. The Balaban J connectivity index is 2.70. The third kappa shape index (κ3) is 5.11. The van der Waals surface area contributed by atoms with Crippen LogP contribution >= 0.6 is 0 Å². The number of nitrogens with zero attached hydrogens (tertiary/aromatic N) is 2. The molecule has 0 aromatic carbocycles. The van der Waals surface area contributed by atoms with E-state index in [-0.39, 0.29) is 5.54 Å². The van der Waals surface area contributed by atoms with Crippen LogP contribution in [0.2, 0.25) is 0 Å². The van der Waals surface area contributed by atoms with Gasteiger partial charge in [0.2, 0.25) is 0 Å². The Labute approximate surface area is 113 Å². The number of carboxylic acids is 1. The zero-order valence-electron chi connectivity index (χ0n) is 12.1. The molecule has 6 nitrogen and oxygen atoms in total. The quantitative estimate of drug-likeness (QED) is 0.757. The molecule has 0 saturated heterocycles. The van der Waals surface area contributed by atoms with Crippen LogP contribution in [0, 0.1) is 5.41 Å². The second-order valence-corrected chi connectivity index (χ2v) is 6.21. The summed E-state index contributed by atoms with van der Waals surface area (Å²) in [7, 11) is 0. The molecule has 1 rings (SSSR count). The summed E-state index contributed by atoms with van der Waals surface area (Å²) in [5, 5.41) is 15.3. The summed E-state index contributed by atoms with van der Waals surface area (Å²) >= 11 is 0. The fourth-order valence-electron chi connectivity index (χ4n) is 1.29. The fraction of sp³-hybridized carbons (Fsp3) is 0.615. The number of carbonyl (C=O) groups is 1. The van der Waals surface area contributed by atoms with Crippen molar-refractivity contribution >= 4 is 17.6 Å². The highest BCUT2D eigenvalue weighted by molar-refractivity contribution is 5.74. The number of rotatable bonds is 5. The lowest BCUT2D eigenvalue weighted by Crippen LogP contribution is -2.32. The molecule has 0 radical (unpaired) electrons. The van der Waals surface area contributed by atoms with Crippen molar-refractivity contribution in [3.8, 4) is 0 Å². The summed E-state index contributed by atoms with van der Waals surface area (Å²) in [6, 6.07) is 1.77. The largest absolute Gasteiger partial charge is 0.481 e. The van der Waals surface area contributed by atoms with E-state index in [0.29, 0.717) is 18.2 Å². The Bertz CT molecular complexity index is 452. The fourth-order valence-corrected chi connectivity index (χ4v) is 1.29. The molecular formula is C13H22N4O2. The lowest BCUT2D eigenvalue weighted by molar-refractivity contribution is -0.146. The zero-order chi connectivity index (χ0) is 14.7. The van der Waals surface area contributed by atoms with Crippen LogP contribution < -0.4 is 10.6 Å². The van der Waals surface area contributed by atoms with E-state index in [2.05, 4.69) is 20.6 Å². The van der Waals surface area contributed by atoms with E-state index in [4.69, 9.17) is 5.11 Å². The first-order chi connectivity index (χ1) is 8.60. The first-order valence-corrected chi connectivity index (χ1v) is 6.18. The molecule has 0 atom stereocenters. The van der Waals surface area contributed by atoms with Crippen LogP contribution in [0.1, 0.15) is 34.6 Å². The van der Waals surface area contributed by atoms with Crippen LogP contribution in [0.15, 0.2) is 12.4 Å². The molecular weight excluding hydrogens is 244 g/mol. The minimum absolute atomic E-state index is 0.0913. The predicted molar refractivity (Wildman–Crippen MR) is 75.3 cm³/mol. The summed E-state index contributed by atoms with van der Waals surface area (Å²) in [6.07, 6.45) is 1.45. The monoisotopic (exact) mass is 266 g/mol. The molecule has 106 valence electrons. The highest BCUT2D eigenvalue weighted by Gasteiger charge is 2.26. The van der Waals surface area contributed by atoms with Gasteiger partial charge in [0.05, 0.1) is 5.41 Å². The van der Waals surface area contributed by atoms with Gasteiger partial charge in [-0.15, -0.1) is 0 Å². The minimum Gasteiger partial charge on any atom is -0.481 e. The number of nitrogens with one attached hydrogen (secondary N) is 2. The topological polar surface area (TPSA) is 87.1 Å². The molecule has 19 heavy (non-hydrogen) atoms. The smallest absolute Gasteiger partial charge is 0.310 e. The lowest BCUT2D eigenvalue weighted by Gasteiger charge is -2.22. The number of aromatic nitrogens is 2. The Hall–Kier alpha value is -1.85. The molecule has 0 fully saturated rings. The second-order valence-electron chi connectivity index (χ2n) is 6.21. The summed E-state index contributed by atoms with van der Waals surface area (Å²) in [6.45, 7) is 9.74. The molecule has 0 spiro atoms. The van der Waals surface area contributed by atoms with Crippen LogP contribution in [0.25, 0.3) is 0 Å². The number of hydrogen-bond acceptors (Lipinski definition) is 5. The van der Waals surface area contributed by atoms with Gasteiger partial charge in [-0.25, -0.2) is 9.97 Å². The average molecular weight is 266 g/mol. The van der Waals surface area contributed by atoms with E-state index in [9.17, 15) is 4.79 Å². The first-order valence-electron chi connectivity index (χ1n) is 6.18. The van der Waals surface area contributed by atoms with E-state index in [0.717, 1.165) is 0 Å². The third-order valence-corrected chi connectivity index (χ3v) is 2.46. The van der Waals surface area contributed by atoms with Crippen molar-refractivity contribution in [1.29, 1.82) is 0 Å². The van der Waals surface area contributed by atoms with Gasteiger partial charge in [0.15, 0.2) is 0 Å². The van der Waals surface area contributed by atoms with Gasteiger partial charge in [0.1, 0.15) is 18.0 Å². The van der Waals surface area contributed by atoms with Crippen molar-refractivity contribution in [1.82, 2.24) is 9.97 Å². The van der Waals surface area contributed by atoms with E-state index in [1.165, 1.54) is 6.33 Å². The van der Waals surface area contributed by atoms with Gasteiger partial charge in [-0.2, -0.15) is 0 Å². The van der Waals surface area contributed by atoms with Crippen molar-refractivity contribution in [3.63, 3.8) is 0 Å². The lowest BCUT2D eigenvalue weighted by atomic mass is 9.94. The highest BCUT2D eigenvalue weighted by Crippen LogP contribution is 2.18. The van der Waals surface area contributed by atoms with Crippen LogP contribution in [0.4, 0.5) is 11.6 Å². The molecule has 1 aromatic rings. The minimum atomic E-state index is -0.845. The van der Waals surface area contributed by atoms with Crippen molar-refractivity contribution < 1.29 is 9.90 Å². The van der Waals surface area contributed by atoms with Gasteiger partial charge in [0.25, 0.3) is 0 Å². The zero-order valence-corrected chi connectivity index (χ0v) is 12.1. The van der Waals surface area contributed by atoms with Crippen molar-refractivity contribution in [2.45, 2.75) is 40.2 Å². The standard InChI is InChI=1S/C13H22N4O2/c1-12(2,3)17-10-6-9(15-8-16-10)14-7-13(4,5)11(18)19/h6,8H,7H2,1-5H3,(H,18,19)(H2,14,15,16,17). The van der Waals surface area contributed by atoms with Gasteiger partial charge >= 0.3 is 5.97 Å². The maximum Gasteiger partial charge on any atom is 0.310 e. The SMILES string of the molecule is CC(C)(C)Nc1cc(NCC(C)(C)C(=O)O)ncn1. The highest BCUT2D eigenvalue weighted by atomic mass is 16.4. The molecule has 1 aromatic heterocycles. The molecule has 0 aliphatic heterocycles. The van der Waals surface area contributed by atoms with Crippen LogP contribution in [-0.4, -0.2) is 33.1 Å². The van der Waals surface area contributed by atoms with Crippen molar-refractivity contribution in [2.75, 3.05) is 17.2 Å². The van der Waals surface area contributed by atoms with Crippen LogP contribution in [0.5, 0.6) is 0 Å². The predicted octanol–water partition coefficient (Wildman–Crippen LogP) is 2.21.